The minimum atomic E-state index is 0.395. The number of hydrogen-bond acceptors (Lipinski definition) is 6. The molecule has 0 saturated heterocycles. The Morgan fingerprint density at radius 3 is 2.86 bits per heavy atom. The third-order valence-electron chi connectivity index (χ3n) is 4.44. The van der Waals surface area contributed by atoms with Crippen LogP contribution in [-0.4, -0.2) is 26.2 Å². The molecule has 2 unspecified atom stereocenters. The quantitative estimate of drug-likeness (QED) is 0.508. The van der Waals surface area contributed by atoms with Crippen LogP contribution in [0.4, 0.5) is 11.8 Å². The van der Waals surface area contributed by atoms with Crippen molar-refractivity contribution < 1.29 is 0 Å². The third-order valence-corrected chi connectivity index (χ3v) is 4.44. The molecule has 2 aromatic rings. The average Bonchev–Trinajstić information content (AvgIpc) is 2.96. The van der Waals surface area contributed by atoms with E-state index in [4.69, 9.17) is 5.84 Å². The molecule has 0 amide bonds. The van der Waals surface area contributed by atoms with Crippen LogP contribution in [0.15, 0.2) is 6.20 Å². The van der Waals surface area contributed by atoms with Crippen LogP contribution >= 0.6 is 0 Å². The van der Waals surface area contributed by atoms with E-state index in [1.54, 1.807) is 6.20 Å². The van der Waals surface area contributed by atoms with Gasteiger partial charge in [0.25, 0.3) is 0 Å². The van der Waals surface area contributed by atoms with Crippen molar-refractivity contribution >= 4 is 22.8 Å². The van der Waals surface area contributed by atoms with E-state index < -0.39 is 0 Å². The summed E-state index contributed by atoms with van der Waals surface area (Å²) in [6.07, 6.45) is 6.80. The van der Waals surface area contributed by atoms with E-state index in [0.717, 1.165) is 11.2 Å². The van der Waals surface area contributed by atoms with E-state index in [9.17, 15) is 0 Å². The molecule has 0 aromatic carbocycles. The normalized spacial score (nSPS) is 22.7. The van der Waals surface area contributed by atoms with Crippen molar-refractivity contribution in [1.29, 1.82) is 0 Å². The van der Waals surface area contributed by atoms with Crippen LogP contribution in [-0.2, 0) is 0 Å². The largest absolute Gasteiger partial charge is 0.366 e. The van der Waals surface area contributed by atoms with Gasteiger partial charge in [-0.05, 0) is 24.7 Å². The molecule has 114 valence electrons. The highest BCUT2D eigenvalue weighted by Gasteiger charge is 2.28. The highest BCUT2D eigenvalue weighted by Crippen LogP contribution is 2.33. The second kappa shape index (κ2) is 5.85. The Kier molecular flexibility index (Phi) is 3.92. The number of aromatic nitrogens is 4. The van der Waals surface area contributed by atoms with Crippen molar-refractivity contribution in [2.24, 2.45) is 17.7 Å². The molecule has 0 spiro atoms. The lowest BCUT2D eigenvalue weighted by molar-refractivity contribution is 0.253. The van der Waals surface area contributed by atoms with Crippen molar-refractivity contribution in [3.05, 3.63) is 6.20 Å². The van der Waals surface area contributed by atoms with E-state index in [-0.39, 0.29) is 0 Å². The van der Waals surface area contributed by atoms with Gasteiger partial charge in [0.05, 0.1) is 11.6 Å². The van der Waals surface area contributed by atoms with Crippen molar-refractivity contribution in [3.63, 3.8) is 0 Å². The first-order valence-electron chi connectivity index (χ1n) is 7.63. The predicted molar refractivity (Wildman–Crippen MR) is 83.7 cm³/mol. The topological polar surface area (TPSA) is 105 Å². The second-order valence-electron chi connectivity index (χ2n) is 6.12. The zero-order valence-electron chi connectivity index (χ0n) is 12.6. The van der Waals surface area contributed by atoms with Gasteiger partial charge in [0, 0.05) is 6.04 Å². The number of hydrogen-bond donors (Lipinski definition) is 4. The summed E-state index contributed by atoms with van der Waals surface area (Å²) >= 11 is 0. The Morgan fingerprint density at radius 1 is 1.29 bits per heavy atom. The lowest BCUT2D eigenvalue weighted by Gasteiger charge is -2.35. The summed E-state index contributed by atoms with van der Waals surface area (Å²) in [5, 5.41) is 11.4. The van der Waals surface area contributed by atoms with Crippen molar-refractivity contribution in [3.8, 4) is 0 Å². The summed E-state index contributed by atoms with van der Waals surface area (Å²) in [5.74, 6) is 7.98. The van der Waals surface area contributed by atoms with Crippen LogP contribution < -0.4 is 16.6 Å². The van der Waals surface area contributed by atoms with Gasteiger partial charge in [-0.15, -0.1) is 0 Å². The lowest BCUT2D eigenvalue weighted by atomic mass is 9.78. The van der Waals surface area contributed by atoms with Gasteiger partial charge in [-0.3, -0.25) is 10.5 Å². The molecule has 2 heterocycles. The molecule has 0 radical (unpaired) electrons. The second-order valence-corrected chi connectivity index (χ2v) is 6.12. The fraction of sp³-hybridized carbons (Fsp3) is 0.643. The standard InChI is InChI=1S/C14H23N7/c1-8(2)9-5-3-4-6-11(9)17-12-10-7-16-21-13(10)19-14(18-12)20-15/h7-9,11H,3-6,15H2,1-2H3,(H3,16,17,18,19,20,21). The smallest absolute Gasteiger partial charge is 0.241 e. The van der Waals surface area contributed by atoms with Crippen molar-refractivity contribution in [2.45, 2.75) is 45.6 Å². The maximum Gasteiger partial charge on any atom is 0.241 e. The zero-order valence-corrected chi connectivity index (χ0v) is 12.6. The Hall–Kier alpha value is -1.89. The fourth-order valence-corrected chi connectivity index (χ4v) is 3.32. The maximum absolute atomic E-state index is 5.45. The van der Waals surface area contributed by atoms with E-state index in [0.29, 0.717) is 29.5 Å². The molecule has 1 saturated carbocycles. The number of hydrazine groups is 1. The van der Waals surface area contributed by atoms with Crippen molar-refractivity contribution in [2.75, 3.05) is 10.7 Å². The first kappa shape index (κ1) is 14.1. The van der Waals surface area contributed by atoms with Gasteiger partial charge in [0.15, 0.2) is 5.65 Å². The molecule has 1 aliphatic rings. The Morgan fingerprint density at radius 2 is 2.10 bits per heavy atom. The number of nitrogens with two attached hydrogens (primary N) is 1. The van der Waals surface area contributed by atoms with Gasteiger partial charge in [0.2, 0.25) is 5.95 Å². The number of nitrogens with one attached hydrogen (secondary N) is 3. The molecule has 2 aromatic heterocycles. The Labute approximate surface area is 124 Å². The van der Waals surface area contributed by atoms with Crippen molar-refractivity contribution in [1.82, 2.24) is 20.2 Å². The molecule has 2 atom stereocenters. The molecule has 5 N–H and O–H groups in total. The molecule has 1 aliphatic carbocycles. The van der Waals surface area contributed by atoms with Gasteiger partial charge < -0.3 is 5.32 Å². The molecule has 1 fully saturated rings. The predicted octanol–water partition coefficient (Wildman–Crippen LogP) is 2.27. The number of nitrogens with zero attached hydrogens (tertiary/aromatic N) is 3. The van der Waals surface area contributed by atoms with Crippen LogP contribution in [0.2, 0.25) is 0 Å². The molecular weight excluding hydrogens is 266 g/mol. The van der Waals surface area contributed by atoms with Crippen LogP contribution in [0.3, 0.4) is 0 Å². The molecule has 7 heteroatoms. The van der Waals surface area contributed by atoms with E-state index in [1.165, 1.54) is 25.7 Å². The first-order valence-corrected chi connectivity index (χ1v) is 7.63. The van der Waals surface area contributed by atoms with Crippen LogP contribution in [0.25, 0.3) is 11.0 Å². The maximum atomic E-state index is 5.45. The van der Waals surface area contributed by atoms with E-state index in [1.807, 2.05) is 0 Å². The Bertz CT molecular complexity index is 606. The number of anilines is 2. The van der Waals surface area contributed by atoms with Gasteiger partial charge in [0.1, 0.15) is 5.82 Å². The number of nitrogen functional groups attached to an aromatic ring is 1. The molecule has 21 heavy (non-hydrogen) atoms. The number of H-pyrrole nitrogens is 1. The zero-order chi connectivity index (χ0) is 14.8. The summed E-state index contributed by atoms with van der Waals surface area (Å²) in [7, 11) is 0. The van der Waals surface area contributed by atoms with E-state index >= 15 is 0 Å². The number of rotatable bonds is 4. The average molecular weight is 289 g/mol. The summed E-state index contributed by atoms with van der Waals surface area (Å²) < 4.78 is 0. The minimum absolute atomic E-state index is 0.395. The molecular formula is C14H23N7. The fourth-order valence-electron chi connectivity index (χ4n) is 3.32. The monoisotopic (exact) mass is 289 g/mol. The summed E-state index contributed by atoms with van der Waals surface area (Å²) in [6, 6.07) is 0.442. The highest BCUT2D eigenvalue weighted by atomic mass is 15.3. The van der Waals surface area contributed by atoms with Crippen LogP contribution in [0, 0.1) is 11.8 Å². The van der Waals surface area contributed by atoms with Gasteiger partial charge >= 0.3 is 0 Å². The number of fused-ring (bicyclic) bond motifs is 1. The van der Waals surface area contributed by atoms with Gasteiger partial charge in [-0.1, -0.05) is 26.7 Å². The molecule has 0 bridgehead atoms. The summed E-state index contributed by atoms with van der Waals surface area (Å²) in [4.78, 5) is 8.72. The lowest BCUT2D eigenvalue weighted by Crippen LogP contribution is -2.35. The number of aromatic amines is 1. The highest BCUT2D eigenvalue weighted by molar-refractivity contribution is 5.87. The SMILES string of the molecule is CC(C)C1CCCCC1Nc1nc(NN)nc2[nH]ncc12. The Balaban J connectivity index is 1.90. The molecule has 7 nitrogen and oxygen atoms in total. The summed E-state index contributed by atoms with van der Waals surface area (Å²) in [6.45, 7) is 4.59. The first-order chi connectivity index (χ1) is 10.2. The van der Waals surface area contributed by atoms with Crippen LogP contribution in [0.1, 0.15) is 39.5 Å². The van der Waals surface area contributed by atoms with Gasteiger partial charge in [-0.25, -0.2) is 5.84 Å². The summed E-state index contributed by atoms with van der Waals surface area (Å²) in [5.41, 5.74) is 3.20. The molecule has 0 aliphatic heterocycles. The van der Waals surface area contributed by atoms with E-state index in [2.05, 4.69) is 44.8 Å². The van der Waals surface area contributed by atoms with Gasteiger partial charge in [-0.2, -0.15) is 15.1 Å². The third kappa shape index (κ3) is 2.78. The van der Waals surface area contributed by atoms with Crippen LogP contribution in [0.5, 0.6) is 0 Å². The minimum Gasteiger partial charge on any atom is -0.366 e. The molecule has 3 rings (SSSR count).